The van der Waals surface area contributed by atoms with Gasteiger partial charge in [-0.05, 0) is 67.1 Å². The number of fused-ring (bicyclic) bond motifs is 2. The summed E-state index contributed by atoms with van der Waals surface area (Å²) in [6.07, 6.45) is 3.40. The van der Waals surface area contributed by atoms with Crippen molar-refractivity contribution in [2.45, 2.75) is 20.4 Å². The minimum absolute atomic E-state index is 0.0167. The third-order valence-electron chi connectivity index (χ3n) is 7.13. The molecule has 0 spiro atoms. The lowest BCUT2D eigenvalue weighted by atomic mass is 10.1. The fourth-order valence-corrected chi connectivity index (χ4v) is 5.68. The third kappa shape index (κ3) is 5.34. The van der Waals surface area contributed by atoms with Crippen molar-refractivity contribution in [1.82, 2.24) is 9.47 Å². The molecule has 4 aromatic rings. The van der Waals surface area contributed by atoms with Crippen molar-refractivity contribution < 1.29 is 28.7 Å². The van der Waals surface area contributed by atoms with E-state index >= 15 is 0 Å². The van der Waals surface area contributed by atoms with E-state index in [1.807, 2.05) is 50.2 Å². The van der Waals surface area contributed by atoms with Gasteiger partial charge in [0.2, 0.25) is 18.6 Å². The maximum Gasteiger partial charge on any atom is 0.294 e. The lowest BCUT2D eigenvalue weighted by molar-refractivity contribution is -0.127. The summed E-state index contributed by atoms with van der Waals surface area (Å²) in [4.78, 5) is 52.7. The molecule has 2 aliphatic rings. The van der Waals surface area contributed by atoms with E-state index in [9.17, 15) is 19.2 Å². The molecule has 3 heterocycles. The molecular weight excluding hydrogens is 556 g/mol. The Hall–Kier alpha value is -5.03. The zero-order valence-corrected chi connectivity index (χ0v) is 23.6. The molecule has 2 N–H and O–H groups in total. The van der Waals surface area contributed by atoms with Gasteiger partial charge >= 0.3 is 0 Å². The van der Waals surface area contributed by atoms with E-state index in [1.165, 1.54) is 0 Å². The van der Waals surface area contributed by atoms with Crippen molar-refractivity contribution in [2.75, 3.05) is 24.0 Å². The van der Waals surface area contributed by atoms with Gasteiger partial charge in [0.15, 0.2) is 11.5 Å². The first-order valence-electron chi connectivity index (χ1n) is 13.2. The summed E-state index contributed by atoms with van der Waals surface area (Å²) in [5.41, 5.74) is 4.62. The molecule has 0 radical (unpaired) electrons. The van der Waals surface area contributed by atoms with Crippen LogP contribution in [0.5, 0.6) is 11.5 Å². The SMILES string of the molecule is Cc1cccc(NC(=O)CN2C(=O)S/C(=C\c3cn(CC(=O)Nc4ccc5c(c4)OCO5)c4ccccc34)C2=O)c1C. The number of hydrogen-bond acceptors (Lipinski definition) is 7. The largest absolute Gasteiger partial charge is 0.454 e. The summed E-state index contributed by atoms with van der Waals surface area (Å²) in [7, 11) is 0. The van der Waals surface area contributed by atoms with Gasteiger partial charge in [-0.25, -0.2) is 0 Å². The predicted molar refractivity (Wildman–Crippen MR) is 160 cm³/mol. The van der Waals surface area contributed by atoms with Gasteiger partial charge in [-0.15, -0.1) is 0 Å². The zero-order chi connectivity index (χ0) is 29.4. The van der Waals surface area contributed by atoms with E-state index in [4.69, 9.17) is 9.47 Å². The first-order valence-corrected chi connectivity index (χ1v) is 14.0. The second-order valence-electron chi connectivity index (χ2n) is 9.91. The molecule has 4 amide bonds. The molecule has 3 aromatic carbocycles. The van der Waals surface area contributed by atoms with E-state index in [2.05, 4.69) is 10.6 Å². The highest BCUT2D eigenvalue weighted by molar-refractivity contribution is 8.18. The number of rotatable bonds is 7. The average Bonchev–Trinajstić information content (AvgIpc) is 3.64. The molecule has 1 saturated heterocycles. The molecule has 212 valence electrons. The first kappa shape index (κ1) is 27.2. The Morgan fingerprint density at radius 1 is 0.929 bits per heavy atom. The van der Waals surface area contributed by atoms with E-state index in [1.54, 1.807) is 41.1 Å². The van der Waals surface area contributed by atoms with Gasteiger partial charge in [-0.3, -0.25) is 24.1 Å². The molecule has 11 heteroatoms. The number of benzene rings is 3. The number of thioether (sulfide) groups is 1. The summed E-state index contributed by atoms with van der Waals surface area (Å²) in [5, 5.41) is 5.95. The molecule has 1 fully saturated rings. The van der Waals surface area contributed by atoms with Crippen LogP contribution >= 0.6 is 11.8 Å². The number of anilines is 2. The van der Waals surface area contributed by atoms with Crippen molar-refractivity contribution >= 4 is 63.1 Å². The second kappa shape index (κ2) is 11.1. The molecule has 42 heavy (non-hydrogen) atoms. The van der Waals surface area contributed by atoms with Crippen LogP contribution in [0.4, 0.5) is 16.2 Å². The summed E-state index contributed by atoms with van der Waals surface area (Å²) >= 11 is 0.782. The van der Waals surface area contributed by atoms with Crippen LogP contribution in [0.2, 0.25) is 0 Å². The highest BCUT2D eigenvalue weighted by atomic mass is 32.2. The number of nitrogens with one attached hydrogen (secondary N) is 2. The molecule has 0 aliphatic carbocycles. The number of ether oxygens (including phenoxy) is 2. The molecule has 6 rings (SSSR count). The van der Waals surface area contributed by atoms with Crippen LogP contribution in [0, 0.1) is 13.8 Å². The maximum absolute atomic E-state index is 13.2. The molecule has 2 aliphatic heterocycles. The standard InChI is InChI=1S/C31H26N4O6S/c1-18-6-5-8-23(19(18)2)33-29(37)16-35-30(38)27(42-31(35)39)12-20-14-34(24-9-4-3-7-22(20)24)15-28(36)32-21-10-11-25-26(13-21)41-17-40-25/h3-14H,15-17H2,1-2H3,(H,32,36)(H,33,37)/b27-12-. The minimum Gasteiger partial charge on any atom is -0.454 e. The van der Waals surface area contributed by atoms with Crippen molar-refractivity contribution in [3.8, 4) is 11.5 Å². The minimum atomic E-state index is -0.543. The number of aryl methyl sites for hydroxylation is 1. The van der Waals surface area contributed by atoms with Gasteiger partial charge in [0.05, 0.1) is 4.91 Å². The lowest BCUT2D eigenvalue weighted by Crippen LogP contribution is -2.36. The van der Waals surface area contributed by atoms with E-state index in [0.29, 0.717) is 28.4 Å². The van der Waals surface area contributed by atoms with Crippen LogP contribution in [0.15, 0.2) is 71.8 Å². The Labute approximate surface area is 245 Å². The summed E-state index contributed by atoms with van der Waals surface area (Å²) in [6, 6.07) is 18.2. The number of para-hydroxylation sites is 1. The number of amides is 4. The van der Waals surface area contributed by atoms with Crippen LogP contribution in [0.1, 0.15) is 16.7 Å². The highest BCUT2D eigenvalue weighted by Crippen LogP contribution is 2.35. The fraction of sp³-hybridized carbons (Fsp3) is 0.161. The number of carbonyl (C=O) groups is 4. The van der Waals surface area contributed by atoms with Gasteiger partial charge in [-0.1, -0.05) is 30.3 Å². The molecule has 0 saturated carbocycles. The molecule has 0 bridgehead atoms. The maximum atomic E-state index is 13.2. The fourth-order valence-electron chi connectivity index (χ4n) is 4.85. The topological polar surface area (TPSA) is 119 Å². The highest BCUT2D eigenvalue weighted by Gasteiger charge is 2.36. The summed E-state index contributed by atoms with van der Waals surface area (Å²) < 4.78 is 12.5. The third-order valence-corrected chi connectivity index (χ3v) is 8.04. The predicted octanol–water partition coefficient (Wildman–Crippen LogP) is 5.30. The second-order valence-corrected chi connectivity index (χ2v) is 10.9. The first-order chi connectivity index (χ1) is 20.3. The van der Waals surface area contributed by atoms with Gasteiger partial charge in [-0.2, -0.15) is 0 Å². The zero-order valence-electron chi connectivity index (χ0n) is 22.8. The summed E-state index contributed by atoms with van der Waals surface area (Å²) in [5.74, 6) is -0.0640. The van der Waals surface area contributed by atoms with Crippen LogP contribution in [-0.4, -0.2) is 45.8 Å². The Morgan fingerprint density at radius 2 is 1.71 bits per heavy atom. The number of carbonyl (C=O) groups excluding carboxylic acids is 4. The normalized spacial score (nSPS) is 15.1. The molecule has 0 unspecified atom stereocenters. The van der Waals surface area contributed by atoms with Crippen molar-refractivity contribution in [2.24, 2.45) is 0 Å². The Kier molecular flexibility index (Phi) is 7.17. The van der Waals surface area contributed by atoms with Crippen molar-refractivity contribution in [1.29, 1.82) is 0 Å². The molecular formula is C31H26N4O6S. The van der Waals surface area contributed by atoms with E-state index in [-0.39, 0.29) is 24.2 Å². The van der Waals surface area contributed by atoms with Crippen LogP contribution < -0.4 is 20.1 Å². The number of aromatic nitrogens is 1. The van der Waals surface area contributed by atoms with Crippen molar-refractivity contribution in [3.05, 3.63) is 88.5 Å². The molecule has 0 atom stereocenters. The Balaban J connectivity index is 1.18. The van der Waals surface area contributed by atoms with Gasteiger partial charge < -0.3 is 24.7 Å². The van der Waals surface area contributed by atoms with E-state index < -0.39 is 23.6 Å². The van der Waals surface area contributed by atoms with Crippen molar-refractivity contribution in [3.63, 3.8) is 0 Å². The number of hydrogen-bond donors (Lipinski definition) is 2. The Morgan fingerprint density at radius 3 is 2.57 bits per heavy atom. The molecule has 1 aromatic heterocycles. The average molecular weight is 583 g/mol. The van der Waals surface area contributed by atoms with Gasteiger partial charge in [0.25, 0.3) is 11.1 Å². The van der Waals surface area contributed by atoms with Crippen LogP contribution in [0.3, 0.4) is 0 Å². The Bertz CT molecular complexity index is 1810. The van der Waals surface area contributed by atoms with Gasteiger partial charge in [0.1, 0.15) is 13.1 Å². The number of nitrogens with zero attached hydrogens (tertiary/aromatic N) is 2. The van der Waals surface area contributed by atoms with Crippen LogP contribution in [-0.2, 0) is 20.9 Å². The van der Waals surface area contributed by atoms with E-state index in [0.717, 1.165) is 38.7 Å². The van der Waals surface area contributed by atoms with Gasteiger partial charge in [0, 0.05) is 40.1 Å². The summed E-state index contributed by atoms with van der Waals surface area (Å²) in [6.45, 7) is 3.60. The quantitative estimate of drug-likeness (QED) is 0.284. The lowest BCUT2D eigenvalue weighted by Gasteiger charge is -2.14. The monoisotopic (exact) mass is 582 g/mol. The molecule has 10 nitrogen and oxygen atoms in total. The smallest absolute Gasteiger partial charge is 0.294 e. The van der Waals surface area contributed by atoms with Crippen LogP contribution in [0.25, 0.3) is 17.0 Å². The number of imide groups is 1.